The lowest BCUT2D eigenvalue weighted by molar-refractivity contribution is 0.0697. The lowest BCUT2D eigenvalue weighted by Gasteiger charge is -2.24. The van der Waals surface area contributed by atoms with E-state index in [-0.39, 0.29) is 0 Å². The van der Waals surface area contributed by atoms with E-state index in [4.69, 9.17) is 5.11 Å². The molecule has 0 saturated carbocycles. The number of benzene rings is 1. The number of anilines is 1. The maximum Gasteiger partial charge on any atom is 0.335 e. The van der Waals surface area contributed by atoms with Gasteiger partial charge < -0.3 is 14.9 Å². The van der Waals surface area contributed by atoms with E-state index in [1.807, 2.05) is 13.0 Å². The van der Waals surface area contributed by atoms with Gasteiger partial charge >= 0.3 is 5.97 Å². The fraction of sp³-hybridized carbons (Fsp3) is 0.500. The van der Waals surface area contributed by atoms with Gasteiger partial charge in [0.15, 0.2) is 0 Å². The fourth-order valence-electron chi connectivity index (χ4n) is 2.43. The first-order valence-corrected chi connectivity index (χ1v) is 6.35. The van der Waals surface area contributed by atoms with E-state index in [0.717, 1.165) is 43.9 Å². The lowest BCUT2D eigenvalue weighted by Crippen LogP contribution is -2.29. The third-order valence-electron chi connectivity index (χ3n) is 3.50. The molecule has 0 bridgehead atoms. The number of hydrogen-bond acceptors (Lipinski definition) is 3. The third kappa shape index (κ3) is 2.82. The highest BCUT2D eigenvalue weighted by molar-refractivity contribution is 5.88. The zero-order valence-electron chi connectivity index (χ0n) is 11.0. The molecule has 1 aliphatic rings. The van der Waals surface area contributed by atoms with Crippen molar-refractivity contribution in [3.05, 3.63) is 29.3 Å². The molecule has 1 N–H and O–H groups in total. The first kappa shape index (κ1) is 12.9. The van der Waals surface area contributed by atoms with Crippen molar-refractivity contribution in [2.45, 2.75) is 13.3 Å². The van der Waals surface area contributed by atoms with Gasteiger partial charge in [-0.2, -0.15) is 0 Å². The predicted molar refractivity (Wildman–Crippen MR) is 72.5 cm³/mol. The molecule has 0 amide bonds. The van der Waals surface area contributed by atoms with Gasteiger partial charge in [-0.1, -0.05) is 0 Å². The molecule has 0 atom stereocenters. The second-order valence-corrected chi connectivity index (χ2v) is 4.95. The minimum Gasteiger partial charge on any atom is -0.478 e. The first-order chi connectivity index (χ1) is 8.58. The fourth-order valence-corrected chi connectivity index (χ4v) is 2.43. The number of carboxylic acids is 1. The zero-order chi connectivity index (χ0) is 13.1. The number of nitrogens with zero attached hydrogens (tertiary/aromatic N) is 2. The Labute approximate surface area is 108 Å². The smallest absolute Gasteiger partial charge is 0.335 e. The van der Waals surface area contributed by atoms with Gasteiger partial charge in [0.1, 0.15) is 0 Å². The number of carboxylic acid groups (broad SMARTS) is 1. The molecule has 2 rings (SSSR count). The number of aryl methyl sites for hydroxylation is 1. The molecule has 1 saturated heterocycles. The van der Waals surface area contributed by atoms with Crippen LogP contribution in [0.25, 0.3) is 0 Å². The standard InChI is InChI=1S/C14H20N2O2/c1-11-10-12(14(17)18)4-5-13(11)16-7-3-6-15(2)8-9-16/h4-5,10H,3,6-9H2,1-2H3,(H,17,18). The Bertz CT molecular complexity index is 445. The van der Waals surface area contributed by atoms with E-state index in [1.165, 1.54) is 0 Å². The number of aromatic carboxylic acids is 1. The molecule has 98 valence electrons. The molecule has 1 aromatic carbocycles. The van der Waals surface area contributed by atoms with Crippen molar-refractivity contribution in [2.24, 2.45) is 0 Å². The largest absolute Gasteiger partial charge is 0.478 e. The molecule has 4 heteroatoms. The van der Waals surface area contributed by atoms with E-state index in [2.05, 4.69) is 16.8 Å². The summed E-state index contributed by atoms with van der Waals surface area (Å²) in [7, 11) is 2.14. The second kappa shape index (κ2) is 5.40. The van der Waals surface area contributed by atoms with Gasteiger partial charge in [-0.05, 0) is 50.7 Å². The minimum absolute atomic E-state index is 0.364. The lowest BCUT2D eigenvalue weighted by atomic mass is 10.1. The van der Waals surface area contributed by atoms with Crippen LogP contribution >= 0.6 is 0 Å². The Morgan fingerprint density at radius 2 is 2.00 bits per heavy atom. The predicted octanol–water partition coefficient (Wildman–Crippen LogP) is 1.84. The Kier molecular flexibility index (Phi) is 3.87. The van der Waals surface area contributed by atoms with Gasteiger partial charge in [0.25, 0.3) is 0 Å². The summed E-state index contributed by atoms with van der Waals surface area (Å²) in [6.45, 7) is 6.21. The Morgan fingerprint density at radius 1 is 1.22 bits per heavy atom. The van der Waals surface area contributed by atoms with Crippen LogP contribution in [0.2, 0.25) is 0 Å². The van der Waals surface area contributed by atoms with Crippen molar-refractivity contribution in [1.82, 2.24) is 4.90 Å². The molecule has 18 heavy (non-hydrogen) atoms. The van der Waals surface area contributed by atoms with Gasteiger partial charge in [0.2, 0.25) is 0 Å². The molecule has 1 aromatic rings. The van der Waals surface area contributed by atoms with E-state index >= 15 is 0 Å². The van der Waals surface area contributed by atoms with Crippen molar-refractivity contribution < 1.29 is 9.90 Å². The summed E-state index contributed by atoms with van der Waals surface area (Å²) < 4.78 is 0. The SMILES string of the molecule is Cc1cc(C(=O)O)ccc1N1CCCN(C)CC1. The number of likely N-dealkylation sites (N-methyl/N-ethyl adjacent to an activating group) is 1. The van der Waals surface area contributed by atoms with Crippen LogP contribution in [0.3, 0.4) is 0 Å². The molecule has 0 spiro atoms. The van der Waals surface area contributed by atoms with Crippen LogP contribution in [0.5, 0.6) is 0 Å². The highest BCUT2D eigenvalue weighted by atomic mass is 16.4. The van der Waals surface area contributed by atoms with Crippen LogP contribution in [0.1, 0.15) is 22.3 Å². The van der Waals surface area contributed by atoms with Crippen molar-refractivity contribution in [2.75, 3.05) is 38.1 Å². The second-order valence-electron chi connectivity index (χ2n) is 4.95. The van der Waals surface area contributed by atoms with E-state index in [1.54, 1.807) is 12.1 Å². The summed E-state index contributed by atoms with van der Waals surface area (Å²) in [6.07, 6.45) is 1.15. The molecule has 0 aromatic heterocycles. The average Bonchev–Trinajstić information content (AvgIpc) is 2.54. The van der Waals surface area contributed by atoms with Crippen molar-refractivity contribution in [3.8, 4) is 0 Å². The number of carbonyl (C=O) groups is 1. The van der Waals surface area contributed by atoms with Crippen LogP contribution in [-0.2, 0) is 0 Å². The molecule has 0 radical (unpaired) electrons. The van der Waals surface area contributed by atoms with E-state index < -0.39 is 5.97 Å². The molecular formula is C14H20N2O2. The van der Waals surface area contributed by atoms with Gasteiger partial charge in [0, 0.05) is 25.3 Å². The molecular weight excluding hydrogens is 228 g/mol. The Balaban J connectivity index is 2.20. The number of rotatable bonds is 2. The van der Waals surface area contributed by atoms with Crippen molar-refractivity contribution >= 4 is 11.7 Å². The zero-order valence-corrected chi connectivity index (χ0v) is 11.0. The van der Waals surface area contributed by atoms with E-state index in [0.29, 0.717) is 5.56 Å². The van der Waals surface area contributed by atoms with Crippen LogP contribution in [0.15, 0.2) is 18.2 Å². The number of hydrogen-bond donors (Lipinski definition) is 1. The van der Waals surface area contributed by atoms with E-state index in [9.17, 15) is 4.79 Å². The van der Waals surface area contributed by atoms with Gasteiger partial charge in [-0.3, -0.25) is 0 Å². The molecule has 1 heterocycles. The summed E-state index contributed by atoms with van der Waals surface area (Å²) in [5, 5.41) is 8.97. The van der Waals surface area contributed by atoms with Crippen LogP contribution in [-0.4, -0.2) is 49.2 Å². The Hall–Kier alpha value is -1.55. The maximum absolute atomic E-state index is 10.9. The molecule has 1 aliphatic heterocycles. The molecule has 4 nitrogen and oxygen atoms in total. The summed E-state index contributed by atoms with van der Waals surface area (Å²) >= 11 is 0. The third-order valence-corrected chi connectivity index (χ3v) is 3.50. The van der Waals surface area contributed by atoms with Gasteiger partial charge in [-0.25, -0.2) is 4.79 Å². The average molecular weight is 248 g/mol. The monoisotopic (exact) mass is 248 g/mol. The van der Waals surface area contributed by atoms with Gasteiger partial charge in [-0.15, -0.1) is 0 Å². The summed E-state index contributed by atoms with van der Waals surface area (Å²) in [5.41, 5.74) is 2.57. The highest BCUT2D eigenvalue weighted by Crippen LogP contribution is 2.22. The van der Waals surface area contributed by atoms with Gasteiger partial charge in [0.05, 0.1) is 5.56 Å². The summed E-state index contributed by atoms with van der Waals surface area (Å²) in [6, 6.07) is 5.38. The first-order valence-electron chi connectivity index (χ1n) is 6.35. The molecule has 1 fully saturated rings. The topological polar surface area (TPSA) is 43.8 Å². The van der Waals surface area contributed by atoms with Crippen LogP contribution in [0, 0.1) is 6.92 Å². The molecule has 0 aliphatic carbocycles. The Morgan fingerprint density at radius 3 is 2.67 bits per heavy atom. The maximum atomic E-state index is 10.9. The van der Waals surface area contributed by atoms with Crippen molar-refractivity contribution in [1.29, 1.82) is 0 Å². The minimum atomic E-state index is -0.861. The normalized spacial score (nSPS) is 17.6. The summed E-state index contributed by atoms with van der Waals surface area (Å²) in [5.74, 6) is -0.861. The molecule has 0 unspecified atom stereocenters. The van der Waals surface area contributed by atoms with Crippen LogP contribution < -0.4 is 4.90 Å². The highest BCUT2D eigenvalue weighted by Gasteiger charge is 2.15. The van der Waals surface area contributed by atoms with Crippen LogP contribution in [0.4, 0.5) is 5.69 Å². The quantitative estimate of drug-likeness (QED) is 0.867. The van der Waals surface area contributed by atoms with Crippen molar-refractivity contribution in [3.63, 3.8) is 0 Å². The summed E-state index contributed by atoms with van der Waals surface area (Å²) in [4.78, 5) is 15.6.